The van der Waals surface area contributed by atoms with Gasteiger partial charge < -0.3 is 4.90 Å². The topological polar surface area (TPSA) is 60.9 Å². The summed E-state index contributed by atoms with van der Waals surface area (Å²) in [5, 5.41) is 2.16. The zero-order valence-electron chi connectivity index (χ0n) is 20.8. The molecule has 1 amide bonds. The third-order valence-corrected chi connectivity index (χ3v) is 10.4. The first kappa shape index (κ1) is 25.1. The molecule has 1 saturated heterocycles. The van der Waals surface area contributed by atoms with Crippen molar-refractivity contribution in [2.75, 3.05) is 32.7 Å². The van der Waals surface area contributed by atoms with Gasteiger partial charge in [0.1, 0.15) is 0 Å². The minimum atomic E-state index is -3.57. The number of nitrogens with zero attached hydrogens (tertiary/aromatic N) is 3. The first-order valence-corrected chi connectivity index (χ1v) is 14.9. The molecule has 1 fully saturated rings. The lowest BCUT2D eigenvalue weighted by Gasteiger charge is -2.41. The SMILES string of the molecule is Cc1ccccc1[C@H]1c2ccsc2CCN1[C@H](C)C(=O)N1CCCN(S(=O)(=O)c2ccccc2)CC1. The minimum absolute atomic E-state index is 0.0436. The minimum Gasteiger partial charge on any atom is -0.340 e. The molecule has 2 atom stereocenters. The molecule has 3 aromatic rings. The molecule has 0 unspecified atom stereocenters. The standard InChI is InChI=1S/C28H33N3O3S2/c1-21-9-6-7-12-24(21)27-25-14-20-35-26(25)13-17-31(27)22(2)28(32)29-15-8-16-30(19-18-29)36(33,34)23-10-4-3-5-11-23/h3-7,9-12,14,20,22,27H,8,13,15-19H2,1-2H3/t22-,27+/m1/s1. The second-order valence-corrected chi connectivity index (χ2v) is 12.6. The molecule has 0 spiro atoms. The molecule has 2 aromatic carbocycles. The lowest BCUT2D eigenvalue weighted by atomic mass is 9.89. The molecule has 36 heavy (non-hydrogen) atoms. The van der Waals surface area contributed by atoms with Gasteiger partial charge in [-0.3, -0.25) is 9.69 Å². The van der Waals surface area contributed by atoms with E-state index in [9.17, 15) is 13.2 Å². The summed E-state index contributed by atoms with van der Waals surface area (Å²) in [6.07, 6.45) is 1.57. The van der Waals surface area contributed by atoms with Crippen molar-refractivity contribution < 1.29 is 13.2 Å². The molecule has 190 valence electrons. The predicted octanol–water partition coefficient (Wildman–Crippen LogP) is 4.32. The fraction of sp³-hybridized carbons (Fsp3) is 0.393. The van der Waals surface area contributed by atoms with Gasteiger partial charge in [-0.05, 0) is 67.0 Å². The molecule has 2 aliphatic rings. The summed E-state index contributed by atoms with van der Waals surface area (Å²) < 4.78 is 27.8. The summed E-state index contributed by atoms with van der Waals surface area (Å²) in [6, 6.07) is 18.9. The molecular formula is C28H33N3O3S2. The van der Waals surface area contributed by atoms with E-state index >= 15 is 0 Å². The van der Waals surface area contributed by atoms with E-state index < -0.39 is 10.0 Å². The van der Waals surface area contributed by atoms with Crippen LogP contribution in [0, 0.1) is 6.92 Å². The van der Waals surface area contributed by atoms with Crippen LogP contribution in [0.4, 0.5) is 0 Å². The summed E-state index contributed by atoms with van der Waals surface area (Å²) in [7, 11) is -3.57. The number of hydrogen-bond donors (Lipinski definition) is 0. The zero-order valence-corrected chi connectivity index (χ0v) is 22.5. The third kappa shape index (κ3) is 4.75. The average molecular weight is 524 g/mol. The number of hydrogen-bond acceptors (Lipinski definition) is 5. The molecule has 8 heteroatoms. The quantitative estimate of drug-likeness (QED) is 0.500. The van der Waals surface area contributed by atoms with Crippen LogP contribution in [0.1, 0.15) is 41.0 Å². The van der Waals surface area contributed by atoms with Crippen molar-refractivity contribution in [3.8, 4) is 0 Å². The van der Waals surface area contributed by atoms with Crippen molar-refractivity contribution in [2.45, 2.75) is 43.7 Å². The van der Waals surface area contributed by atoms with E-state index in [0.29, 0.717) is 37.5 Å². The van der Waals surface area contributed by atoms with Crippen molar-refractivity contribution in [1.82, 2.24) is 14.1 Å². The Kier molecular flexibility index (Phi) is 7.30. The fourth-order valence-electron chi connectivity index (χ4n) is 5.49. The summed E-state index contributed by atoms with van der Waals surface area (Å²) in [5.41, 5.74) is 3.77. The van der Waals surface area contributed by atoms with Gasteiger partial charge in [-0.25, -0.2) is 8.42 Å². The summed E-state index contributed by atoms with van der Waals surface area (Å²) in [5.74, 6) is 0.0752. The Bertz CT molecular complexity index is 1320. The molecule has 3 heterocycles. The predicted molar refractivity (Wildman–Crippen MR) is 144 cm³/mol. The maximum Gasteiger partial charge on any atom is 0.243 e. The van der Waals surface area contributed by atoms with Crippen molar-refractivity contribution in [3.63, 3.8) is 0 Å². The van der Waals surface area contributed by atoms with E-state index in [2.05, 4.69) is 47.5 Å². The number of carbonyl (C=O) groups excluding carboxylic acids is 1. The van der Waals surface area contributed by atoms with Crippen LogP contribution in [0.3, 0.4) is 0 Å². The van der Waals surface area contributed by atoms with Crippen molar-refractivity contribution >= 4 is 27.3 Å². The van der Waals surface area contributed by atoms with E-state index in [1.807, 2.05) is 17.9 Å². The van der Waals surface area contributed by atoms with Crippen LogP contribution in [-0.2, 0) is 21.2 Å². The van der Waals surface area contributed by atoms with Crippen molar-refractivity contribution in [2.24, 2.45) is 0 Å². The number of sulfonamides is 1. The number of rotatable bonds is 5. The van der Waals surface area contributed by atoms with Crippen LogP contribution < -0.4 is 0 Å². The van der Waals surface area contributed by atoms with Crippen LogP contribution in [-0.4, -0.2) is 67.2 Å². The highest BCUT2D eigenvalue weighted by atomic mass is 32.2. The first-order chi connectivity index (χ1) is 17.4. The average Bonchev–Trinajstić information content (AvgIpc) is 3.23. The largest absolute Gasteiger partial charge is 0.340 e. The van der Waals surface area contributed by atoms with Crippen LogP contribution in [0.2, 0.25) is 0 Å². The van der Waals surface area contributed by atoms with Gasteiger partial charge in [0.15, 0.2) is 0 Å². The van der Waals surface area contributed by atoms with Crippen LogP contribution >= 0.6 is 11.3 Å². The molecule has 0 bridgehead atoms. The Morgan fingerprint density at radius 3 is 2.44 bits per heavy atom. The van der Waals surface area contributed by atoms with Crippen LogP contribution in [0.5, 0.6) is 0 Å². The lowest BCUT2D eigenvalue weighted by molar-refractivity contribution is -0.137. The fourth-order valence-corrected chi connectivity index (χ4v) is 7.89. The van der Waals surface area contributed by atoms with Gasteiger partial charge in [0.2, 0.25) is 15.9 Å². The molecule has 0 saturated carbocycles. The first-order valence-electron chi connectivity index (χ1n) is 12.6. The van der Waals surface area contributed by atoms with Crippen LogP contribution in [0.15, 0.2) is 70.9 Å². The van der Waals surface area contributed by atoms with E-state index in [1.54, 1.807) is 35.6 Å². The zero-order chi connectivity index (χ0) is 25.3. The monoisotopic (exact) mass is 523 g/mol. The Balaban J connectivity index is 1.35. The summed E-state index contributed by atoms with van der Waals surface area (Å²) in [4.78, 5) is 19.7. The summed E-state index contributed by atoms with van der Waals surface area (Å²) in [6.45, 7) is 6.67. The molecule has 5 rings (SSSR count). The molecule has 0 radical (unpaired) electrons. The number of fused-ring (bicyclic) bond motifs is 1. The Hall–Kier alpha value is -2.52. The molecule has 2 aliphatic heterocycles. The second kappa shape index (κ2) is 10.5. The number of thiophene rings is 1. The van der Waals surface area contributed by atoms with Crippen LogP contribution in [0.25, 0.3) is 0 Å². The number of carbonyl (C=O) groups is 1. The third-order valence-electron chi connectivity index (χ3n) is 7.49. The van der Waals surface area contributed by atoms with Gasteiger partial charge in [-0.1, -0.05) is 42.5 Å². The van der Waals surface area contributed by atoms with Crippen molar-refractivity contribution in [3.05, 3.63) is 87.6 Å². The second-order valence-electron chi connectivity index (χ2n) is 9.62. The van der Waals surface area contributed by atoms with Gasteiger partial charge in [0, 0.05) is 37.6 Å². The molecule has 6 nitrogen and oxygen atoms in total. The van der Waals surface area contributed by atoms with Gasteiger partial charge in [-0.2, -0.15) is 4.31 Å². The highest BCUT2D eigenvalue weighted by Crippen LogP contribution is 2.40. The Morgan fingerprint density at radius 2 is 1.67 bits per heavy atom. The summed E-state index contributed by atoms with van der Waals surface area (Å²) >= 11 is 1.80. The van der Waals surface area contributed by atoms with E-state index in [1.165, 1.54) is 25.9 Å². The van der Waals surface area contributed by atoms with Gasteiger partial charge in [0.25, 0.3) is 0 Å². The molecule has 0 aliphatic carbocycles. The smallest absolute Gasteiger partial charge is 0.243 e. The maximum atomic E-state index is 13.8. The van der Waals surface area contributed by atoms with E-state index in [0.717, 1.165) is 13.0 Å². The normalized spacial score (nSPS) is 20.5. The molecular weight excluding hydrogens is 490 g/mol. The highest BCUT2D eigenvalue weighted by Gasteiger charge is 2.38. The number of aryl methyl sites for hydroxylation is 1. The maximum absolute atomic E-state index is 13.8. The van der Waals surface area contributed by atoms with E-state index in [-0.39, 0.29) is 18.0 Å². The van der Waals surface area contributed by atoms with Gasteiger partial charge >= 0.3 is 0 Å². The number of amides is 1. The number of benzene rings is 2. The van der Waals surface area contributed by atoms with Gasteiger partial charge in [-0.15, -0.1) is 11.3 Å². The van der Waals surface area contributed by atoms with Gasteiger partial charge in [0.05, 0.1) is 17.0 Å². The lowest BCUT2D eigenvalue weighted by Crippen LogP contribution is -2.51. The van der Waals surface area contributed by atoms with E-state index in [4.69, 9.17) is 0 Å². The van der Waals surface area contributed by atoms with Crippen molar-refractivity contribution in [1.29, 1.82) is 0 Å². The molecule has 1 aromatic heterocycles. The molecule has 0 N–H and O–H groups in total. The Morgan fingerprint density at radius 1 is 0.917 bits per heavy atom. The Labute approximate surface area is 218 Å². The highest BCUT2D eigenvalue weighted by molar-refractivity contribution is 7.89.